The van der Waals surface area contributed by atoms with Crippen molar-refractivity contribution in [3.05, 3.63) is 91.2 Å². The lowest BCUT2D eigenvalue weighted by Crippen LogP contribution is -2.39. The number of nitrogens with zero attached hydrogens (tertiary/aromatic N) is 2. The summed E-state index contributed by atoms with van der Waals surface area (Å²) in [4.78, 5) is 31.9. The highest BCUT2D eigenvalue weighted by molar-refractivity contribution is 14.1. The quantitative estimate of drug-likeness (QED) is 0.274. The van der Waals surface area contributed by atoms with E-state index in [0.29, 0.717) is 27.2 Å². The monoisotopic (exact) mass is 714 g/mol. The Kier molecular flexibility index (Phi) is 8.16. The number of ether oxygens (including phenoxy) is 2. The Morgan fingerprint density at radius 3 is 2.37 bits per heavy atom. The molecular weight excluding hydrogens is 690 g/mol. The van der Waals surface area contributed by atoms with E-state index in [1.54, 1.807) is 18.4 Å². The van der Waals surface area contributed by atoms with E-state index in [2.05, 4.69) is 50.2 Å². The fraction of sp³-hybridized carbons (Fsp3) is 0.269. The molecule has 0 fully saturated rings. The molecule has 3 aromatic rings. The van der Waals surface area contributed by atoms with Crippen LogP contribution in [0.4, 0.5) is 0 Å². The van der Waals surface area contributed by atoms with Gasteiger partial charge >= 0.3 is 5.97 Å². The molecule has 1 atom stereocenters. The summed E-state index contributed by atoms with van der Waals surface area (Å²) in [6.45, 7) is 8.35. The third-order valence-electron chi connectivity index (χ3n) is 5.52. The fourth-order valence-corrected chi connectivity index (χ4v) is 7.13. The zero-order valence-electron chi connectivity index (χ0n) is 19.7. The number of hydrogen-bond acceptors (Lipinski definition) is 6. The van der Waals surface area contributed by atoms with Crippen LogP contribution in [-0.4, -0.2) is 23.8 Å². The molecule has 0 bridgehead atoms. The lowest BCUT2D eigenvalue weighted by Gasteiger charge is -2.24. The molecule has 6 nitrogen and oxygen atoms in total. The predicted molar refractivity (Wildman–Crippen MR) is 155 cm³/mol. The van der Waals surface area contributed by atoms with E-state index in [-0.39, 0.29) is 12.2 Å². The number of carbonyl (C=O) groups excluding carboxylic acids is 1. The van der Waals surface area contributed by atoms with Gasteiger partial charge in [0.1, 0.15) is 5.75 Å². The second-order valence-corrected chi connectivity index (χ2v) is 11.3. The van der Waals surface area contributed by atoms with Gasteiger partial charge in [0.25, 0.3) is 5.56 Å². The second kappa shape index (κ2) is 11.0. The highest BCUT2D eigenvalue weighted by atomic mass is 127. The molecule has 0 N–H and O–H groups in total. The number of rotatable bonds is 6. The van der Waals surface area contributed by atoms with Crippen molar-refractivity contribution in [2.45, 2.75) is 33.7 Å². The highest BCUT2D eigenvalue weighted by Gasteiger charge is 2.33. The Morgan fingerprint density at radius 2 is 1.77 bits per heavy atom. The number of aryl methyl sites for hydroxylation is 1. The van der Waals surface area contributed by atoms with Crippen molar-refractivity contribution < 1.29 is 14.3 Å². The Morgan fingerprint density at radius 1 is 1.11 bits per heavy atom. The summed E-state index contributed by atoms with van der Waals surface area (Å²) in [5, 5.41) is 0. The second-order valence-electron chi connectivity index (χ2n) is 7.96. The number of benzene rings is 2. The van der Waals surface area contributed by atoms with Crippen LogP contribution in [0.2, 0.25) is 0 Å². The highest BCUT2D eigenvalue weighted by Crippen LogP contribution is 2.31. The summed E-state index contributed by atoms with van der Waals surface area (Å²) in [6.07, 6.45) is 1.87. The van der Waals surface area contributed by atoms with Crippen LogP contribution < -0.4 is 19.6 Å². The molecule has 2 heterocycles. The minimum atomic E-state index is -0.603. The van der Waals surface area contributed by atoms with Crippen LogP contribution in [0.3, 0.4) is 0 Å². The van der Waals surface area contributed by atoms with E-state index >= 15 is 0 Å². The average Bonchev–Trinajstić information content (AvgIpc) is 3.10. The molecule has 0 radical (unpaired) electrons. The smallest absolute Gasteiger partial charge is 0.338 e. The molecule has 9 heteroatoms. The maximum atomic E-state index is 13.7. The van der Waals surface area contributed by atoms with Gasteiger partial charge in [-0.15, -0.1) is 0 Å². The van der Waals surface area contributed by atoms with Gasteiger partial charge in [-0.05, 0) is 102 Å². The molecule has 0 amide bonds. The minimum absolute atomic E-state index is 0.187. The molecule has 0 aliphatic carbocycles. The summed E-state index contributed by atoms with van der Waals surface area (Å²) >= 11 is 5.82. The summed E-state index contributed by atoms with van der Waals surface area (Å²) in [7, 11) is 0. The van der Waals surface area contributed by atoms with Gasteiger partial charge in [0.2, 0.25) is 0 Å². The van der Waals surface area contributed by atoms with Gasteiger partial charge in [-0.3, -0.25) is 9.36 Å². The van der Waals surface area contributed by atoms with Crippen LogP contribution in [0.25, 0.3) is 6.08 Å². The third-order valence-corrected chi connectivity index (χ3v) is 8.10. The molecule has 0 spiro atoms. The first kappa shape index (κ1) is 26.1. The topological polar surface area (TPSA) is 69.9 Å². The molecule has 1 aliphatic heterocycles. The Hall–Kier alpha value is -1.99. The van der Waals surface area contributed by atoms with Crippen LogP contribution in [0.15, 0.2) is 57.5 Å². The maximum Gasteiger partial charge on any atom is 0.338 e. The van der Waals surface area contributed by atoms with Gasteiger partial charge in [-0.2, -0.15) is 0 Å². The number of allylic oxidation sites excluding steroid dienone is 1. The van der Waals surface area contributed by atoms with Crippen LogP contribution in [0.5, 0.6) is 5.75 Å². The zero-order chi connectivity index (χ0) is 25.3. The Balaban J connectivity index is 1.91. The van der Waals surface area contributed by atoms with Crippen LogP contribution in [-0.2, 0) is 9.53 Å². The maximum absolute atomic E-state index is 13.7. The number of hydrogen-bond donors (Lipinski definition) is 0. The van der Waals surface area contributed by atoms with Crippen molar-refractivity contribution in [2.75, 3.05) is 13.2 Å². The number of fused-ring (bicyclic) bond motifs is 1. The van der Waals surface area contributed by atoms with E-state index in [1.165, 1.54) is 11.3 Å². The molecule has 4 rings (SSSR count). The lowest BCUT2D eigenvalue weighted by molar-refractivity contribution is -0.139. The number of esters is 1. The zero-order valence-corrected chi connectivity index (χ0v) is 24.9. The van der Waals surface area contributed by atoms with Crippen LogP contribution >= 0.6 is 56.5 Å². The van der Waals surface area contributed by atoms with Gasteiger partial charge in [0.05, 0.1) is 42.2 Å². The minimum Gasteiger partial charge on any atom is -0.492 e. The number of carbonyl (C=O) groups is 1. The number of thiazole rings is 1. The molecular formula is C26H24I2N2O4S. The molecule has 1 aromatic heterocycles. The number of aromatic nitrogens is 1. The van der Waals surface area contributed by atoms with E-state index in [1.807, 2.05) is 56.3 Å². The third kappa shape index (κ3) is 5.26. The number of halogens is 2. The van der Waals surface area contributed by atoms with Gasteiger partial charge in [-0.1, -0.05) is 41.2 Å². The van der Waals surface area contributed by atoms with Crippen LogP contribution in [0.1, 0.15) is 43.5 Å². The van der Waals surface area contributed by atoms with Crippen molar-refractivity contribution in [3.8, 4) is 5.75 Å². The van der Waals surface area contributed by atoms with Crippen molar-refractivity contribution in [1.82, 2.24) is 4.57 Å². The molecule has 182 valence electrons. The van der Waals surface area contributed by atoms with E-state index < -0.39 is 12.0 Å². The Bertz CT molecular complexity index is 1480. The van der Waals surface area contributed by atoms with Gasteiger partial charge in [0, 0.05) is 0 Å². The average molecular weight is 714 g/mol. The summed E-state index contributed by atoms with van der Waals surface area (Å²) in [5.74, 6) is 0.394. The largest absolute Gasteiger partial charge is 0.492 e. The van der Waals surface area contributed by atoms with Crippen molar-refractivity contribution in [3.63, 3.8) is 0 Å². The lowest BCUT2D eigenvalue weighted by atomic mass is 9.95. The molecule has 1 aliphatic rings. The van der Waals surface area contributed by atoms with Crippen LogP contribution in [0, 0.1) is 14.1 Å². The first-order chi connectivity index (χ1) is 16.7. The van der Waals surface area contributed by atoms with Gasteiger partial charge in [-0.25, -0.2) is 9.79 Å². The fourth-order valence-electron chi connectivity index (χ4n) is 3.95. The first-order valence-corrected chi connectivity index (χ1v) is 14.1. The standard InChI is InChI=1S/C26H24I2N2O4S/c1-5-33-23-18(27)11-16(12-19(23)28)13-20-24(31)30-22(17-9-7-14(3)8-10-17)21(25(32)34-6-2)15(4)29-26(30)35-20/h7-13,22H,5-6H2,1-4H3/b20-13+/t22-/m1/s1. The molecule has 0 saturated heterocycles. The molecule has 0 saturated carbocycles. The molecule has 35 heavy (non-hydrogen) atoms. The van der Waals surface area contributed by atoms with E-state index in [9.17, 15) is 9.59 Å². The predicted octanol–water partition coefficient (Wildman–Crippen LogP) is 4.71. The summed E-state index contributed by atoms with van der Waals surface area (Å²) in [5.41, 5.74) is 3.60. The van der Waals surface area contributed by atoms with Crippen molar-refractivity contribution in [2.24, 2.45) is 4.99 Å². The van der Waals surface area contributed by atoms with E-state index in [0.717, 1.165) is 29.6 Å². The van der Waals surface area contributed by atoms with Gasteiger partial charge < -0.3 is 9.47 Å². The summed E-state index contributed by atoms with van der Waals surface area (Å²) in [6, 6.07) is 11.3. The molecule has 2 aromatic carbocycles. The van der Waals surface area contributed by atoms with Crippen molar-refractivity contribution in [1.29, 1.82) is 0 Å². The Labute approximate surface area is 234 Å². The SMILES string of the molecule is CCOC(=O)C1=C(C)N=c2s/c(=C/c3cc(I)c(OCC)c(I)c3)c(=O)n2[C@@H]1c1ccc(C)cc1. The first-order valence-electron chi connectivity index (χ1n) is 11.1. The van der Waals surface area contributed by atoms with Crippen molar-refractivity contribution >= 4 is 68.6 Å². The normalized spacial score (nSPS) is 15.6. The summed E-state index contributed by atoms with van der Waals surface area (Å²) < 4.78 is 15.2. The van der Waals surface area contributed by atoms with E-state index in [4.69, 9.17) is 9.47 Å². The van der Waals surface area contributed by atoms with Gasteiger partial charge in [0.15, 0.2) is 4.80 Å². The molecule has 0 unspecified atom stereocenters.